The minimum absolute atomic E-state index is 0.0319. The molecule has 5 aromatic rings. The first kappa shape index (κ1) is 46.9. The minimum Gasteiger partial charge on any atom is -0.493 e. The summed E-state index contributed by atoms with van der Waals surface area (Å²) in [6.07, 6.45) is 6.67. The van der Waals surface area contributed by atoms with Crippen LogP contribution in [0.3, 0.4) is 0 Å². The number of amides is 7. The highest BCUT2D eigenvalue weighted by Gasteiger charge is 2.46. The number of aromatic nitrogens is 2. The highest BCUT2D eigenvalue weighted by atomic mass is 32.2. The lowest BCUT2D eigenvalue weighted by Crippen LogP contribution is -2.54. The summed E-state index contributed by atoms with van der Waals surface area (Å²) in [5.74, 6) is -3.44. The van der Waals surface area contributed by atoms with Crippen LogP contribution in [0, 0.1) is 0 Å². The number of thiazole rings is 1. The Morgan fingerprint density at radius 2 is 1.67 bits per heavy atom. The zero-order valence-electron chi connectivity index (χ0n) is 35.8. The van der Waals surface area contributed by atoms with Gasteiger partial charge in [0.2, 0.25) is 27.7 Å². The molecule has 1 fully saturated rings. The summed E-state index contributed by atoms with van der Waals surface area (Å²) in [5.41, 5.74) is 3.49. The van der Waals surface area contributed by atoms with Crippen molar-refractivity contribution >= 4 is 67.8 Å². The summed E-state index contributed by atoms with van der Waals surface area (Å²) < 4.78 is 36.6. The van der Waals surface area contributed by atoms with E-state index in [1.54, 1.807) is 17.5 Å². The molecule has 2 aliphatic rings. The van der Waals surface area contributed by atoms with Gasteiger partial charge in [0.05, 0.1) is 48.5 Å². The van der Waals surface area contributed by atoms with Gasteiger partial charge in [-0.1, -0.05) is 73.5 Å². The van der Waals surface area contributed by atoms with Crippen LogP contribution < -0.4 is 26.0 Å². The zero-order chi connectivity index (χ0) is 46.8. The molecule has 0 radical (unpaired) electrons. The highest BCUT2D eigenvalue weighted by Crippen LogP contribution is 2.34. The molecule has 3 aromatic carbocycles. The number of unbranched alkanes of at least 4 members (excludes halogenated alkanes) is 3. The fourth-order valence-electron chi connectivity index (χ4n) is 7.27. The number of carbonyl (C=O) groups excluding carboxylic acids is 7. The lowest BCUT2D eigenvalue weighted by atomic mass is 10.0. The van der Waals surface area contributed by atoms with Gasteiger partial charge in [0.15, 0.2) is 5.13 Å². The number of anilines is 1. The second-order valence-corrected chi connectivity index (χ2v) is 18.4. The molecular formula is C46H47N7O11S2. The summed E-state index contributed by atoms with van der Waals surface area (Å²) in [5, 5.41) is 12.6. The first-order valence-electron chi connectivity index (χ1n) is 21.2. The fraction of sp³-hybridized carbons (Fsp3) is 0.304. The van der Waals surface area contributed by atoms with Crippen molar-refractivity contribution in [1.82, 2.24) is 29.8 Å². The molecule has 0 spiro atoms. The van der Waals surface area contributed by atoms with E-state index in [4.69, 9.17) is 9.47 Å². The van der Waals surface area contributed by atoms with E-state index in [2.05, 4.69) is 26.3 Å². The van der Waals surface area contributed by atoms with Crippen molar-refractivity contribution in [3.8, 4) is 17.0 Å². The average molecular weight is 938 g/mol. The van der Waals surface area contributed by atoms with E-state index >= 15 is 0 Å². The zero-order valence-corrected chi connectivity index (χ0v) is 37.5. The normalized spacial score (nSPS) is 15.2. The molecule has 0 bridgehead atoms. The van der Waals surface area contributed by atoms with Crippen LogP contribution in [-0.4, -0.2) is 95.2 Å². The predicted octanol–water partition coefficient (Wildman–Crippen LogP) is 4.42. The minimum atomic E-state index is -3.63. The standard InChI is InChI=1S/C46H47N7O11S2/c1-66(61,62)52-22-21-32(25-52)41(56)48-34(42(57)51-46-49-35(28-65-46)31-10-5-4-6-11-31)27-63-26-30-17-15-29(16-18-30)24-47-38(54)14-7-2-3-8-23-64-37-13-9-12-33-40(37)45(60)53(44(33)59)36-19-20-39(55)50-43(36)58/h4-6,9-13,15-18,21-22,25,28,34,36H,2-3,7-8,14,19-20,23-24,26-27H2,1H3,(H,47,54)(H,48,56)(H,49,51,57)(H,50,55,58)/t34-,36?/m0/s1. The van der Waals surface area contributed by atoms with E-state index in [0.717, 1.165) is 50.9 Å². The van der Waals surface area contributed by atoms with Gasteiger partial charge in [-0.05, 0) is 48.6 Å². The van der Waals surface area contributed by atoms with Crippen LogP contribution in [0.4, 0.5) is 5.13 Å². The van der Waals surface area contributed by atoms with Crippen LogP contribution in [0.5, 0.6) is 5.75 Å². The van der Waals surface area contributed by atoms with E-state index < -0.39 is 57.6 Å². The number of nitrogens with zero attached hydrogens (tertiary/aromatic N) is 3. The lowest BCUT2D eigenvalue weighted by molar-refractivity contribution is -0.136. The number of ether oxygens (including phenoxy) is 2. The second kappa shape index (κ2) is 21.3. The highest BCUT2D eigenvalue weighted by molar-refractivity contribution is 7.89. The Hall–Kier alpha value is -7.03. The third-order valence-corrected chi connectivity index (χ3v) is 12.5. The number of benzene rings is 3. The van der Waals surface area contributed by atoms with Crippen molar-refractivity contribution in [3.05, 3.63) is 124 Å². The number of imide groups is 2. The van der Waals surface area contributed by atoms with E-state index in [9.17, 15) is 42.0 Å². The molecular weight excluding hydrogens is 891 g/mol. The number of hydrogen-bond acceptors (Lipinski definition) is 13. The Kier molecular flexibility index (Phi) is 15.2. The van der Waals surface area contributed by atoms with Crippen LogP contribution in [0.2, 0.25) is 0 Å². The molecule has 2 atom stereocenters. The molecule has 7 rings (SSSR count). The van der Waals surface area contributed by atoms with Gasteiger partial charge in [0.25, 0.3) is 23.6 Å². The van der Waals surface area contributed by atoms with Gasteiger partial charge < -0.3 is 25.4 Å². The van der Waals surface area contributed by atoms with Crippen molar-refractivity contribution in [1.29, 1.82) is 0 Å². The van der Waals surface area contributed by atoms with Gasteiger partial charge in [-0.2, -0.15) is 0 Å². The number of piperidine rings is 1. The third-order valence-electron chi connectivity index (χ3n) is 10.8. The molecule has 2 aromatic heterocycles. The van der Waals surface area contributed by atoms with Gasteiger partial charge in [-0.25, -0.2) is 13.4 Å². The third kappa shape index (κ3) is 11.8. The van der Waals surface area contributed by atoms with Crippen molar-refractivity contribution in [2.75, 3.05) is 24.8 Å². The molecule has 1 unspecified atom stereocenters. The second-order valence-electron chi connectivity index (χ2n) is 15.7. The van der Waals surface area contributed by atoms with Crippen LogP contribution in [0.15, 0.2) is 96.6 Å². The topological polar surface area (TPSA) is 241 Å². The van der Waals surface area contributed by atoms with Gasteiger partial charge in [0.1, 0.15) is 17.8 Å². The first-order valence-corrected chi connectivity index (χ1v) is 23.9. The smallest absolute Gasteiger partial charge is 0.266 e. The molecule has 2 aliphatic heterocycles. The number of fused-ring (bicyclic) bond motifs is 1. The van der Waals surface area contributed by atoms with Gasteiger partial charge in [0, 0.05) is 42.7 Å². The molecule has 66 heavy (non-hydrogen) atoms. The van der Waals surface area contributed by atoms with Crippen LogP contribution in [0.1, 0.15) is 87.1 Å². The first-order chi connectivity index (χ1) is 31.7. The Morgan fingerprint density at radius 1 is 0.909 bits per heavy atom. The van der Waals surface area contributed by atoms with Crippen LogP contribution in [0.25, 0.3) is 11.3 Å². The molecule has 0 aliphatic carbocycles. The molecule has 7 amide bonds. The molecule has 344 valence electrons. The van der Waals surface area contributed by atoms with Crippen molar-refractivity contribution < 1.29 is 51.5 Å². The van der Waals surface area contributed by atoms with Gasteiger partial charge in [-0.15, -0.1) is 11.3 Å². The summed E-state index contributed by atoms with van der Waals surface area (Å²) in [7, 11) is -3.63. The van der Waals surface area contributed by atoms with Gasteiger partial charge in [-0.3, -0.25) is 47.8 Å². The lowest BCUT2D eigenvalue weighted by Gasteiger charge is -2.27. The number of rotatable bonds is 21. The summed E-state index contributed by atoms with van der Waals surface area (Å²) in [6.45, 7) is 0.488. The van der Waals surface area contributed by atoms with Gasteiger partial charge >= 0.3 is 0 Å². The van der Waals surface area contributed by atoms with Crippen molar-refractivity contribution in [3.63, 3.8) is 0 Å². The molecule has 0 saturated carbocycles. The van der Waals surface area contributed by atoms with Crippen molar-refractivity contribution in [2.24, 2.45) is 0 Å². The van der Waals surface area contributed by atoms with E-state index in [0.29, 0.717) is 36.6 Å². The average Bonchev–Trinajstić information content (AvgIpc) is 4.05. The Labute approximate surface area is 384 Å². The monoisotopic (exact) mass is 937 g/mol. The Morgan fingerprint density at radius 3 is 2.41 bits per heavy atom. The maximum absolute atomic E-state index is 13.5. The Balaban J connectivity index is 0.818. The number of carbonyl (C=O) groups is 7. The summed E-state index contributed by atoms with van der Waals surface area (Å²) in [6, 6.07) is 20.6. The molecule has 20 heteroatoms. The van der Waals surface area contributed by atoms with E-state index in [1.165, 1.54) is 29.7 Å². The maximum atomic E-state index is 13.5. The molecule has 1 saturated heterocycles. The van der Waals surface area contributed by atoms with Crippen LogP contribution in [-0.2, 0) is 47.1 Å². The van der Waals surface area contributed by atoms with E-state index in [-0.39, 0.29) is 61.0 Å². The number of hydrogen-bond donors (Lipinski definition) is 4. The SMILES string of the molecule is CS(=O)(=O)n1ccc(C(=O)N[C@@H](COCc2ccc(CNC(=O)CCCCCCOc3cccc4c3C(=O)N(C3CCC(=O)NC3=O)C4=O)cc2)C(=O)Nc2nc(-c3ccccc3)cs2)c1. The van der Waals surface area contributed by atoms with E-state index in [1.807, 2.05) is 54.6 Å². The van der Waals surface area contributed by atoms with Crippen molar-refractivity contribution in [2.45, 2.75) is 70.2 Å². The quantitative estimate of drug-likeness (QED) is 0.0591. The molecule has 4 N–H and O–H groups in total. The van der Waals surface area contributed by atoms with Crippen LogP contribution >= 0.6 is 11.3 Å². The Bertz CT molecular complexity index is 2740. The number of nitrogens with one attached hydrogen (secondary N) is 4. The fourth-order valence-corrected chi connectivity index (χ4v) is 8.58. The summed E-state index contributed by atoms with van der Waals surface area (Å²) in [4.78, 5) is 94.9. The molecule has 18 nitrogen and oxygen atoms in total. The molecule has 4 heterocycles. The largest absolute Gasteiger partial charge is 0.493 e. The maximum Gasteiger partial charge on any atom is 0.266 e. The summed E-state index contributed by atoms with van der Waals surface area (Å²) >= 11 is 1.22. The predicted molar refractivity (Wildman–Crippen MR) is 242 cm³/mol.